The first-order chi connectivity index (χ1) is 11.6. The lowest BCUT2D eigenvalue weighted by Gasteiger charge is -2.13. The lowest BCUT2D eigenvalue weighted by molar-refractivity contribution is -0.121. The second-order valence-corrected chi connectivity index (χ2v) is 6.93. The van der Waals surface area contributed by atoms with Crippen molar-refractivity contribution >= 4 is 51.6 Å². The minimum atomic E-state index is -0.273. The summed E-state index contributed by atoms with van der Waals surface area (Å²) in [6, 6.07) is 6.41. The number of nitrogens with zero attached hydrogens (tertiary/aromatic N) is 2. The lowest BCUT2D eigenvalue weighted by Crippen LogP contribution is -2.28. The number of carbonyl (C=O) groups excluding carboxylic acids is 3. The number of thioether (sulfide) groups is 1. The van der Waals surface area contributed by atoms with Crippen LogP contribution in [0.15, 0.2) is 29.6 Å². The zero-order valence-electron chi connectivity index (χ0n) is 12.9. The van der Waals surface area contributed by atoms with Crippen molar-refractivity contribution in [1.82, 2.24) is 4.98 Å². The highest BCUT2D eigenvalue weighted by molar-refractivity contribution is 7.97. The van der Waals surface area contributed by atoms with Crippen molar-refractivity contribution < 1.29 is 14.4 Å². The number of carbonyl (C=O) groups is 3. The summed E-state index contributed by atoms with van der Waals surface area (Å²) in [7, 11) is 0. The minimum Gasteiger partial charge on any atom is -0.298 e. The molecule has 1 aromatic carbocycles. The van der Waals surface area contributed by atoms with Crippen molar-refractivity contribution in [2.24, 2.45) is 0 Å². The largest absolute Gasteiger partial charge is 0.298 e. The lowest BCUT2D eigenvalue weighted by atomic mass is 10.2. The van der Waals surface area contributed by atoms with Crippen LogP contribution in [0.25, 0.3) is 0 Å². The van der Waals surface area contributed by atoms with E-state index in [9.17, 15) is 14.4 Å². The van der Waals surface area contributed by atoms with E-state index in [-0.39, 0.29) is 30.6 Å². The SMILES string of the molecule is CSCc1csc(NC(=O)c2ccc(N3C(=O)CCC3=O)cc2)n1. The smallest absolute Gasteiger partial charge is 0.257 e. The molecular weight excluding hydrogens is 346 g/mol. The van der Waals surface area contributed by atoms with Gasteiger partial charge in [-0.15, -0.1) is 11.3 Å². The summed E-state index contributed by atoms with van der Waals surface area (Å²) in [4.78, 5) is 41.2. The Morgan fingerprint density at radius 3 is 2.54 bits per heavy atom. The van der Waals surface area contributed by atoms with Crippen molar-refractivity contribution in [2.45, 2.75) is 18.6 Å². The van der Waals surface area contributed by atoms with Crippen molar-refractivity contribution in [3.05, 3.63) is 40.9 Å². The maximum atomic E-state index is 12.2. The van der Waals surface area contributed by atoms with Gasteiger partial charge >= 0.3 is 0 Å². The Morgan fingerprint density at radius 2 is 1.92 bits per heavy atom. The van der Waals surface area contributed by atoms with Crippen LogP contribution in [-0.2, 0) is 15.3 Å². The molecule has 2 heterocycles. The maximum Gasteiger partial charge on any atom is 0.257 e. The molecule has 0 bridgehead atoms. The molecular formula is C16H15N3O3S2. The number of nitrogens with one attached hydrogen (secondary N) is 1. The van der Waals surface area contributed by atoms with E-state index in [0.717, 1.165) is 16.3 Å². The van der Waals surface area contributed by atoms with E-state index in [1.54, 1.807) is 36.0 Å². The summed E-state index contributed by atoms with van der Waals surface area (Å²) in [5, 5.41) is 5.23. The van der Waals surface area contributed by atoms with E-state index in [0.29, 0.717) is 16.4 Å². The standard InChI is InChI=1S/C16H15N3O3S2/c1-23-8-11-9-24-16(17-11)18-15(22)10-2-4-12(5-3-10)19-13(20)6-7-14(19)21/h2-5,9H,6-8H2,1H3,(H,17,18,22). The number of thiazole rings is 1. The Bertz CT molecular complexity index is 770. The molecule has 24 heavy (non-hydrogen) atoms. The normalized spacial score (nSPS) is 14.3. The van der Waals surface area contributed by atoms with Gasteiger partial charge in [0.15, 0.2) is 5.13 Å². The number of imide groups is 1. The third kappa shape index (κ3) is 3.49. The molecule has 0 radical (unpaired) electrons. The van der Waals surface area contributed by atoms with Gasteiger partial charge in [0.05, 0.1) is 11.4 Å². The Balaban J connectivity index is 1.69. The van der Waals surface area contributed by atoms with Crippen molar-refractivity contribution in [2.75, 3.05) is 16.5 Å². The molecule has 0 unspecified atom stereocenters. The van der Waals surface area contributed by atoms with Gasteiger partial charge < -0.3 is 0 Å². The zero-order chi connectivity index (χ0) is 17.1. The number of benzene rings is 1. The molecule has 0 saturated carbocycles. The van der Waals surface area contributed by atoms with Gasteiger partial charge in [0.25, 0.3) is 5.91 Å². The van der Waals surface area contributed by atoms with Crippen LogP contribution >= 0.6 is 23.1 Å². The van der Waals surface area contributed by atoms with E-state index in [4.69, 9.17) is 0 Å². The Hall–Kier alpha value is -2.19. The summed E-state index contributed by atoms with van der Waals surface area (Å²) in [5.74, 6) is 0.118. The number of rotatable bonds is 5. The van der Waals surface area contributed by atoms with E-state index in [1.165, 1.54) is 11.3 Å². The summed E-state index contributed by atoms with van der Waals surface area (Å²) in [6.45, 7) is 0. The first-order valence-corrected chi connectivity index (χ1v) is 9.56. The Morgan fingerprint density at radius 1 is 1.25 bits per heavy atom. The molecule has 3 rings (SSSR count). The van der Waals surface area contributed by atoms with Crippen LogP contribution < -0.4 is 10.2 Å². The maximum absolute atomic E-state index is 12.2. The highest BCUT2D eigenvalue weighted by Crippen LogP contribution is 2.23. The van der Waals surface area contributed by atoms with Crippen LogP contribution in [-0.4, -0.2) is 29.0 Å². The molecule has 0 aliphatic carbocycles. The average molecular weight is 361 g/mol. The topological polar surface area (TPSA) is 79.4 Å². The molecule has 0 atom stereocenters. The van der Waals surface area contributed by atoms with Gasteiger partial charge in [0.1, 0.15) is 0 Å². The van der Waals surface area contributed by atoms with Gasteiger partial charge in [-0.05, 0) is 30.5 Å². The van der Waals surface area contributed by atoms with E-state index in [1.807, 2.05) is 11.6 Å². The Labute approximate surface area is 147 Å². The molecule has 0 spiro atoms. The van der Waals surface area contributed by atoms with Crippen molar-refractivity contribution in [3.8, 4) is 0 Å². The minimum absolute atomic E-state index is 0.207. The molecule has 6 nitrogen and oxygen atoms in total. The molecule has 1 aliphatic rings. The van der Waals surface area contributed by atoms with Gasteiger partial charge in [0.2, 0.25) is 11.8 Å². The molecule has 2 aromatic rings. The van der Waals surface area contributed by atoms with Gasteiger partial charge in [-0.3, -0.25) is 24.6 Å². The fraction of sp³-hybridized carbons (Fsp3) is 0.250. The van der Waals surface area contributed by atoms with Crippen LogP contribution in [0.5, 0.6) is 0 Å². The van der Waals surface area contributed by atoms with E-state index < -0.39 is 0 Å². The average Bonchev–Trinajstić information content (AvgIpc) is 3.14. The molecule has 1 aliphatic heterocycles. The predicted molar refractivity (Wildman–Crippen MR) is 95.5 cm³/mol. The van der Waals surface area contributed by atoms with Crippen LogP contribution in [0.1, 0.15) is 28.9 Å². The summed E-state index contributed by atoms with van der Waals surface area (Å²) < 4.78 is 0. The highest BCUT2D eigenvalue weighted by Gasteiger charge is 2.30. The summed E-state index contributed by atoms with van der Waals surface area (Å²) >= 11 is 3.05. The molecule has 1 fully saturated rings. The van der Waals surface area contributed by atoms with Crippen molar-refractivity contribution in [1.29, 1.82) is 0 Å². The van der Waals surface area contributed by atoms with E-state index in [2.05, 4.69) is 10.3 Å². The third-order valence-corrected chi connectivity index (χ3v) is 4.89. The molecule has 124 valence electrons. The monoisotopic (exact) mass is 361 g/mol. The first kappa shape index (κ1) is 16.7. The number of anilines is 2. The number of aromatic nitrogens is 1. The fourth-order valence-electron chi connectivity index (χ4n) is 2.37. The van der Waals surface area contributed by atoms with Crippen LogP contribution in [0.4, 0.5) is 10.8 Å². The molecule has 1 aromatic heterocycles. The number of amides is 3. The van der Waals surface area contributed by atoms with Crippen LogP contribution in [0.3, 0.4) is 0 Å². The number of hydrogen-bond donors (Lipinski definition) is 1. The third-order valence-electron chi connectivity index (χ3n) is 3.50. The summed E-state index contributed by atoms with van der Waals surface area (Å²) in [6.07, 6.45) is 2.47. The quantitative estimate of drug-likeness (QED) is 0.829. The fourth-order valence-corrected chi connectivity index (χ4v) is 3.63. The van der Waals surface area contributed by atoms with Gasteiger partial charge in [-0.2, -0.15) is 11.8 Å². The van der Waals surface area contributed by atoms with E-state index >= 15 is 0 Å². The second-order valence-electron chi connectivity index (χ2n) is 5.20. The molecule has 1 saturated heterocycles. The van der Waals surface area contributed by atoms with Gasteiger partial charge in [-0.25, -0.2) is 4.98 Å². The predicted octanol–water partition coefficient (Wildman–Crippen LogP) is 2.91. The van der Waals surface area contributed by atoms with Crippen molar-refractivity contribution in [3.63, 3.8) is 0 Å². The Kier molecular flexibility index (Phi) is 4.96. The zero-order valence-corrected chi connectivity index (χ0v) is 14.6. The summed E-state index contributed by atoms with van der Waals surface area (Å²) in [5.41, 5.74) is 1.87. The van der Waals surface area contributed by atoms with Crippen LogP contribution in [0, 0.1) is 0 Å². The first-order valence-electron chi connectivity index (χ1n) is 7.29. The molecule has 8 heteroatoms. The van der Waals surface area contributed by atoms with Crippen LogP contribution in [0.2, 0.25) is 0 Å². The van der Waals surface area contributed by atoms with Gasteiger partial charge in [-0.1, -0.05) is 0 Å². The van der Waals surface area contributed by atoms with Gasteiger partial charge in [0, 0.05) is 29.5 Å². The number of hydrogen-bond acceptors (Lipinski definition) is 6. The molecule has 1 N–H and O–H groups in total. The molecule has 3 amide bonds. The highest BCUT2D eigenvalue weighted by atomic mass is 32.2. The second kappa shape index (κ2) is 7.14.